The molecule has 3 unspecified atom stereocenters. The number of allylic oxidation sites excluding steroid dienone is 4. The molecule has 8 aliphatic rings. The summed E-state index contributed by atoms with van der Waals surface area (Å²) in [6.45, 7) is 0. The van der Waals surface area contributed by atoms with Crippen LogP contribution in [0.15, 0.2) is 40.5 Å². The quantitative estimate of drug-likeness (QED) is 0.632. The van der Waals surface area contributed by atoms with E-state index in [4.69, 9.17) is 0 Å². The van der Waals surface area contributed by atoms with Crippen LogP contribution in [-0.2, 0) is 10.2 Å². The Hall–Kier alpha value is -1.89. The molecule has 8 aliphatic carbocycles. The molecule has 9 bridgehead atoms. The average Bonchev–Trinajstić information content (AvgIpc) is 3.32. The van der Waals surface area contributed by atoms with Crippen molar-refractivity contribution in [1.29, 1.82) is 0 Å². The van der Waals surface area contributed by atoms with E-state index < -0.39 is 0 Å². The second-order valence-corrected chi connectivity index (χ2v) is 10.7. The van der Waals surface area contributed by atoms with E-state index in [0.29, 0.717) is 16.6 Å². The summed E-state index contributed by atoms with van der Waals surface area (Å²) in [5.41, 5.74) is 9.17. The lowest BCUT2D eigenvalue weighted by Gasteiger charge is -2.54. The molecule has 28 heavy (non-hydrogen) atoms. The van der Waals surface area contributed by atoms with E-state index in [0.717, 1.165) is 24.7 Å². The molecule has 3 atom stereocenters. The fraction of sp³-hybridized carbons (Fsp3) is 0.519. The predicted molar refractivity (Wildman–Crippen MR) is 110 cm³/mol. The van der Waals surface area contributed by atoms with Gasteiger partial charge in [0.25, 0.3) is 0 Å². The van der Waals surface area contributed by atoms with Crippen molar-refractivity contribution in [2.24, 2.45) is 23.2 Å². The Morgan fingerprint density at radius 1 is 0.857 bits per heavy atom. The molecule has 2 fully saturated rings. The van der Waals surface area contributed by atoms with Crippen molar-refractivity contribution in [2.75, 3.05) is 0 Å². The van der Waals surface area contributed by atoms with Gasteiger partial charge in [0.05, 0.1) is 5.92 Å². The minimum absolute atomic E-state index is 0.0225. The molecule has 0 amide bonds. The van der Waals surface area contributed by atoms with Crippen molar-refractivity contribution in [3.8, 4) is 0 Å². The van der Waals surface area contributed by atoms with Crippen LogP contribution in [0.25, 0.3) is 12.2 Å². The molecular weight excluding hydrogens is 340 g/mol. The highest BCUT2D eigenvalue weighted by Crippen LogP contribution is 2.73. The van der Waals surface area contributed by atoms with Crippen LogP contribution in [0.3, 0.4) is 0 Å². The van der Waals surface area contributed by atoms with Gasteiger partial charge in [0.1, 0.15) is 5.78 Å². The van der Waals surface area contributed by atoms with Crippen LogP contribution in [0.1, 0.15) is 63.4 Å². The number of hydrogen-bond donors (Lipinski definition) is 0. The molecule has 1 nitrogen and oxygen atoms in total. The van der Waals surface area contributed by atoms with Gasteiger partial charge in [-0.1, -0.05) is 47.1 Å². The topological polar surface area (TPSA) is 17.1 Å². The van der Waals surface area contributed by atoms with Gasteiger partial charge in [-0.2, -0.15) is 0 Å². The Bertz CT molecular complexity index is 1180. The zero-order valence-corrected chi connectivity index (χ0v) is 16.4. The van der Waals surface area contributed by atoms with Gasteiger partial charge < -0.3 is 0 Å². The molecule has 0 aliphatic heterocycles. The Morgan fingerprint density at radius 3 is 2.54 bits per heavy atom. The van der Waals surface area contributed by atoms with Gasteiger partial charge in [-0.25, -0.2) is 0 Å². The first-order chi connectivity index (χ1) is 13.7. The predicted octanol–water partition coefficient (Wildman–Crippen LogP) is 4.09. The van der Waals surface area contributed by atoms with Crippen LogP contribution in [0.2, 0.25) is 0 Å². The van der Waals surface area contributed by atoms with E-state index in [1.165, 1.54) is 61.0 Å². The van der Waals surface area contributed by atoms with E-state index in [9.17, 15) is 4.79 Å². The van der Waals surface area contributed by atoms with Crippen molar-refractivity contribution in [1.82, 2.24) is 0 Å². The molecule has 140 valence electrons. The zero-order valence-electron chi connectivity index (χ0n) is 16.4. The summed E-state index contributed by atoms with van der Waals surface area (Å²) in [6.07, 6.45) is 16.2. The third-order valence-electron chi connectivity index (χ3n) is 10.0. The van der Waals surface area contributed by atoms with Crippen LogP contribution < -0.4 is 10.4 Å². The highest BCUT2D eigenvalue weighted by Gasteiger charge is 2.63. The number of rotatable bonds is 0. The third-order valence-corrected chi connectivity index (χ3v) is 10.0. The van der Waals surface area contributed by atoms with Crippen LogP contribution in [0.4, 0.5) is 0 Å². The highest BCUT2D eigenvalue weighted by molar-refractivity contribution is 5.95. The molecule has 0 saturated heterocycles. The summed E-state index contributed by atoms with van der Waals surface area (Å²) in [5, 5.41) is 2.67. The van der Waals surface area contributed by atoms with Crippen LogP contribution in [0, 0.1) is 23.2 Å². The first-order valence-corrected chi connectivity index (χ1v) is 11.6. The maximum atomic E-state index is 12.9. The third kappa shape index (κ3) is 1.42. The van der Waals surface area contributed by atoms with E-state index in [-0.39, 0.29) is 5.92 Å². The van der Waals surface area contributed by atoms with E-state index in [2.05, 4.69) is 30.4 Å². The van der Waals surface area contributed by atoms with Gasteiger partial charge in [-0.3, -0.25) is 4.79 Å². The summed E-state index contributed by atoms with van der Waals surface area (Å²) in [6, 6.07) is 7.29. The van der Waals surface area contributed by atoms with Gasteiger partial charge in [0, 0.05) is 17.3 Å². The largest absolute Gasteiger partial charge is 0.299 e. The monoisotopic (exact) mass is 366 g/mol. The Labute approximate surface area is 165 Å². The summed E-state index contributed by atoms with van der Waals surface area (Å²) in [7, 11) is 0. The lowest BCUT2D eigenvalue weighted by atomic mass is 9.49. The van der Waals surface area contributed by atoms with Gasteiger partial charge in [-0.05, 0) is 84.8 Å². The second-order valence-electron chi connectivity index (χ2n) is 10.7. The number of Topliss-reactive ketones (excluding diaryl/α,β-unsaturated/α-hetero) is 1. The molecule has 0 N–H and O–H groups in total. The zero-order chi connectivity index (χ0) is 18.3. The fourth-order valence-electron chi connectivity index (χ4n) is 9.10. The van der Waals surface area contributed by atoms with Crippen LogP contribution >= 0.6 is 0 Å². The van der Waals surface area contributed by atoms with E-state index >= 15 is 0 Å². The number of carbonyl (C=O) groups excluding carboxylic acids is 1. The molecule has 2 spiro atoms. The molecule has 1 aromatic rings. The van der Waals surface area contributed by atoms with Gasteiger partial charge in [0.2, 0.25) is 0 Å². The van der Waals surface area contributed by atoms with Crippen LogP contribution in [0.5, 0.6) is 0 Å². The minimum Gasteiger partial charge on any atom is -0.299 e. The van der Waals surface area contributed by atoms with Crippen LogP contribution in [-0.4, -0.2) is 5.78 Å². The SMILES string of the molecule is O=C1CCC2=C3C=c4cc(ccc4=CC13)C13CCC(CC1)C1=C3C3CCC21C3. The number of carbonyl (C=O) groups is 1. The van der Waals surface area contributed by atoms with Gasteiger partial charge >= 0.3 is 0 Å². The molecular formula is C27H26O. The number of benzene rings is 1. The molecule has 0 aromatic heterocycles. The lowest BCUT2D eigenvalue weighted by molar-refractivity contribution is -0.120. The maximum Gasteiger partial charge on any atom is 0.144 e. The van der Waals surface area contributed by atoms with Crippen molar-refractivity contribution in [3.63, 3.8) is 0 Å². The van der Waals surface area contributed by atoms with Crippen molar-refractivity contribution < 1.29 is 4.79 Å². The molecule has 0 heterocycles. The smallest absolute Gasteiger partial charge is 0.144 e. The highest BCUT2D eigenvalue weighted by atomic mass is 16.1. The molecule has 1 heteroatoms. The van der Waals surface area contributed by atoms with Crippen molar-refractivity contribution >= 4 is 17.9 Å². The summed E-state index contributed by atoms with van der Waals surface area (Å²) in [5.74, 6) is 2.11. The molecule has 1 aromatic carbocycles. The molecule has 9 rings (SSSR count). The Balaban J connectivity index is 1.59. The average molecular weight is 367 g/mol. The normalized spacial score (nSPS) is 43.4. The molecule has 0 radical (unpaired) electrons. The number of fused-ring (bicyclic) bond motifs is 4. The lowest BCUT2D eigenvalue weighted by Crippen LogP contribution is -2.47. The number of ketones is 1. The maximum absolute atomic E-state index is 12.9. The Morgan fingerprint density at radius 2 is 1.64 bits per heavy atom. The van der Waals surface area contributed by atoms with E-state index in [1.54, 1.807) is 11.1 Å². The minimum atomic E-state index is 0.0225. The second kappa shape index (κ2) is 4.48. The van der Waals surface area contributed by atoms with Gasteiger partial charge in [0.15, 0.2) is 0 Å². The summed E-state index contributed by atoms with van der Waals surface area (Å²) < 4.78 is 0. The summed E-state index contributed by atoms with van der Waals surface area (Å²) >= 11 is 0. The fourth-order valence-corrected chi connectivity index (χ4v) is 9.10. The first-order valence-electron chi connectivity index (χ1n) is 11.6. The van der Waals surface area contributed by atoms with Gasteiger partial charge in [-0.15, -0.1) is 0 Å². The van der Waals surface area contributed by atoms with Crippen molar-refractivity contribution in [3.05, 3.63) is 56.5 Å². The first kappa shape index (κ1) is 15.0. The molecule has 2 saturated carbocycles. The summed E-state index contributed by atoms with van der Waals surface area (Å²) in [4.78, 5) is 12.9. The van der Waals surface area contributed by atoms with Crippen molar-refractivity contribution in [2.45, 2.75) is 63.2 Å². The Kier molecular flexibility index (Phi) is 2.40. The standard InChI is InChI=1S/C27H26O/c28-23-4-3-22-20-13-18-11-19(2-1-16(18)12-21(20)23)26-8-5-15(6-9-26)24-25(26)17-7-10-27(22,24)14-17/h1-2,11-13,15,17,21H,3-10,14H2. The van der Waals surface area contributed by atoms with E-state index in [1.807, 2.05) is 11.1 Å². The number of hydrogen-bond acceptors (Lipinski definition) is 1.